The maximum atomic E-state index is 4.31. The van der Waals surface area contributed by atoms with E-state index >= 15 is 0 Å². The zero-order valence-corrected chi connectivity index (χ0v) is 11.0. The summed E-state index contributed by atoms with van der Waals surface area (Å²) < 4.78 is 0. The van der Waals surface area contributed by atoms with Crippen LogP contribution in [-0.4, -0.2) is 29.3 Å². The van der Waals surface area contributed by atoms with Crippen LogP contribution >= 0.6 is 0 Å². The SMILES string of the molecule is CNCC(C)(C)Nc1ccc(C2CCC2)nn1. The second kappa shape index (κ2) is 5.00. The van der Waals surface area contributed by atoms with Gasteiger partial charge in [0, 0.05) is 18.0 Å². The number of likely N-dealkylation sites (N-methyl/N-ethyl adjacent to an activating group) is 1. The lowest BCUT2D eigenvalue weighted by molar-refractivity contribution is 0.408. The molecule has 0 saturated heterocycles. The van der Waals surface area contributed by atoms with Gasteiger partial charge in [-0.05, 0) is 45.9 Å². The largest absolute Gasteiger partial charge is 0.362 e. The molecular weight excluding hydrogens is 212 g/mol. The number of hydrogen-bond donors (Lipinski definition) is 2. The minimum absolute atomic E-state index is 0.0125. The van der Waals surface area contributed by atoms with Gasteiger partial charge in [-0.1, -0.05) is 6.42 Å². The third-order valence-corrected chi connectivity index (χ3v) is 3.29. The minimum Gasteiger partial charge on any atom is -0.362 e. The van der Waals surface area contributed by atoms with E-state index in [4.69, 9.17) is 0 Å². The molecule has 0 radical (unpaired) electrons. The molecule has 0 atom stereocenters. The summed E-state index contributed by atoms with van der Waals surface area (Å²) in [6.07, 6.45) is 3.88. The van der Waals surface area contributed by atoms with E-state index in [1.807, 2.05) is 13.1 Å². The summed E-state index contributed by atoms with van der Waals surface area (Å²) >= 11 is 0. The van der Waals surface area contributed by atoms with E-state index in [0.29, 0.717) is 5.92 Å². The topological polar surface area (TPSA) is 49.8 Å². The third-order valence-electron chi connectivity index (χ3n) is 3.29. The Morgan fingerprint density at radius 1 is 1.29 bits per heavy atom. The maximum absolute atomic E-state index is 4.31. The maximum Gasteiger partial charge on any atom is 0.149 e. The van der Waals surface area contributed by atoms with Gasteiger partial charge in [-0.15, -0.1) is 5.10 Å². The molecule has 94 valence electrons. The molecule has 1 fully saturated rings. The van der Waals surface area contributed by atoms with Crippen molar-refractivity contribution < 1.29 is 0 Å². The lowest BCUT2D eigenvalue weighted by Crippen LogP contribution is -2.41. The number of aromatic nitrogens is 2. The quantitative estimate of drug-likeness (QED) is 0.819. The van der Waals surface area contributed by atoms with Gasteiger partial charge in [-0.2, -0.15) is 5.10 Å². The van der Waals surface area contributed by atoms with E-state index in [1.165, 1.54) is 19.3 Å². The highest BCUT2D eigenvalue weighted by Gasteiger charge is 2.22. The zero-order chi connectivity index (χ0) is 12.3. The first-order valence-corrected chi connectivity index (χ1v) is 6.37. The van der Waals surface area contributed by atoms with Gasteiger partial charge in [0.2, 0.25) is 0 Å². The molecule has 1 saturated carbocycles. The molecule has 0 spiro atoms. The van der Waals surface area contributed by atoms with Crippen molar-refractivity contribution in [1.29, 1.82) is 0 Å². The summed E-state index contributed by atoms with van der Waals surface area (Å²) in [6.45, 7) is 5.18. The van der Waals surface area contributed by atoms with Crippen molar-refractivity contribution in [3.63, 3.8) is 0 Å². The Hall–Kier alpha value is -1.16. The monoisotopic (exact) mass is 234 g/mol. The molecule has 1 aliphatic rings. The summed E-state index contributed by atoms with van der Waals surface area (Å²) in [7, 11) is 1.95. The molecule has 4 nitrogen and oxygen atoms in total. The van der Waals surface area contributed by atoms with Crippen LogP contribution in [0.4, 0.5) is 5.82 Å². The molecule has 4 heteroatoms. The van der Waals surface area contributed by atoms with Crippen LogP contribution in [0.25, 0.3) is 0 Å². The smallest absolute Gasteiger partial charge is 0.149 e. The summed E-state index contributed by atoms with van der Waals surface area (Å²) in [4.78, 5) is 0. The van der Waals surface area contributed by atoms with Crippen molar-refractivity contribution in [2.24, 2.45) is 0 Å². The predicted octanol–water partition coefficient (Wildman–Crippen LogP) is 2.15. The Balaban J connectivity index is 1.97. The Bertz CT molecular complexity index is 354. The highest BCUT2D eigenvalue weighted by Crippen LogP contribution is 2.34. The molecule has 2 rings (SSSR count). The van der Waals surface area contributed by atoms with Gasteiger partial charge in [-0.25, -0.2) is 0 Å². The predicted molar refractivity (Wildman–Crippen MR) is 70.3 cm³/mol. The van der Waals surface area contributed by atoms with Crippen molar-refractivity contribution in [2.75, 3.05) is 18.9 Å². The van der Waals surface area contributed by atoms with Crippen molar-refractivity contribution in [2.45, 2.75) is 44.6 Å². The van der Waals surface area contributed by atoms with Crippen molar-refractivity contribution in [3.8, 4) is 0 Å². The fourth-order valence-electron chi connectivity index (χ4n) is 2.16. The van der Waals surface area contributed by atoms with Gasteiger partial charge in [0.05, 0.1) is 5.69 Å². The molecule has 1 aromatic rings. The Labute approximate surface area is 103 Å². The van der Waals surface area contributed by atoms with E-state index in [0.717, 1.165) is 18.1 Å². The average molecular weight is 234 g/mol. The van der Waals surface area contributed by atoms with Gasteiger partial charge in [-0.3, -0.25) is 0 Å². The first-order valence-electron chi connectivity index (χ1n) is 6.37. The fourth-order valence-corrected chi connectivity index (χ4v) is 2.16. The average Bonchev–Trinajstić information content (AvgIpc) is 2.17. The van der Waals surface area contributed by atoms with Crippen molar-refractivity contribution in [1.82, 2.24) is 15.5 Å². The molecule has 1 heterocycles. The van der Waals surface area contributed by atoms with E-state index < -0.39 is 0 Å². The van der Waals surface area contributed by atoms with E-state index in [2.05, 4.69) is 40.7 Å². The fraction of sp³-hybridized carbons (Fsp3) is 0.692. The van der Waals surface area contributed by atoms with E-state index in [1.54, 1.807) is 0 Å². The minimum atomic E-state index is -0.0125. The number of nitrogens with zero attached hydrogens (tertiary/aromatic N) is 2. The van der Waals surface area contributed by atoms with Crippen LogP contribution in [0.3, 0.4) is 0 Å². The first kappa shape index (κ1) is 12.3. The second-order valence-electron chi connectivity index (χ2n) is 5.51. The summed E-state index contributed by atoms with van der Waals surface area (Å²) in [6, 6.07) is 4.15. The van der Waals surface area contributed by atoms with E-state index in [9.17, 15) is 0 Å². The molecule has 1 aromatic heterocycles. The molecule has 0 aromatic carbocycles. The highest BCUT2D eigenvalue weighted by molar-refractivity contribution is 5.36. The Morgan fingerprint density at radius 3 is 2.53 bits per heavy atom. The van der Waals surface area contributed by atoms with Gasteiger partial charge in [0.25, 0.3) is 0 Å². The standard InChI is InChI=1S/C13H22N4/c1-13(2,9-14-3)15-12-8-7-11(16-17-12)10-5-4-6-10/h7-8,10,14H,4-6,9H2,1-3H3,(H,15,17). The number of hydrogen-bond acceptors (Lipinski definition) is 4. The molecule has 0 bridgehead atoms. The molecule has 0 amide bonds. The summed E-state index contributed by atoms with van der Waals surface area (Å²) in [5.41, 5.74) is 1.13. The third kappa shape index (κ3) is 3.16. The van der Waals surface area contributed by atoms with Crippen molar-refractivity contribution in [3.05, 3.63) is 17.8 Å². The van der Waals surface area contributed by atoms with Gasteiger partial charge in [0.1, 0.15) is 5.82 Å². The normalized spacial score (nSPS) is 16.6. The molecule has 0 unspecified atom stereocenters. The van der Waals surface area contributed by atoms with Crippen molar-refractivity contribution >= 4 is 5.82 Å². The van der Waals surface area contributed by atoms with Gasteiger partial charge in [0.15, 0.2) is 0 Å². The lowest BCUT2D eigenvalue weighted by atomic mass is 9.83. The number of anilines is 1. The van der Waals surface area contributed by atoms with Gasteiger partial charge >= 0.3 is 0 Å². The highest BCUT2D eigenvalue weighted by atomic mass is 15.2. The van der Waals surface area contributed by atoms with Crippen LogP contribution in [0, 0.1) is 0 Å². The molecular formula is C13H22N4. The zero-order valence-electron chi connectivity index (χ0n) is 11.0. The van der Waals surface area contributed by atoms with Crippen LogP contribution in [-0.2, 0) is 0 Å². The van der Waals surface area contributed by atoms with Gasteiger partial charge < -0.3 is 10.6 Å². The summed E-state index contributed by atoms with van der Waals surface area (Å²) in [5.74, 6) is 1.51. The first-order chi connectivity index (χ1) is 8.11. The summed E-state index contributed by atoms with van der Waals surface area (Å²) in [5, 5.41) is 15.1. The van der Waals surface area contributed by atoms with Crippen LogP contribution in [0.5, 0.6) is 0 Å². The van der Waals surface area contributed by atoms with Crippen LogP contribution in [0.2, 0.25) is 0 Å². The van der Waals surface area contributed by atoms with Crippen LogP contribution in [0.15, 0.2) is 12.1 Å². The number of rotatable bonds is 5. The Kier molecular flexibility index (Phi) is 3.62. The van der Waals surface area contributed by atoms with Crippen LogP contribution < -0.4 is 10.6 Å². The number of nitrogens with one attached hydrogen (secondary N) is 2. The molecule has 1 aliphatic carbocycles. The van der Waals surface area contributed by atoms with Crippen LogP contribution in [0.1, 0.15) is 44.7 Å². The molecule has 2 N–H and O–H groups in total. The molecule has 17 heavy (non-hydrogen) atoms. The molecule has 0 aliphatic heterocycles. The van der Waals surface area contributed by atoms with E-state index in [-0.39, 0.29) is 5.54 Å². The second-order valence-corrected chi connectivity index (χ2v) is 5.51. The lowest BCUT2D eigenvalue weighted by Gasteiger charge is -2.27. The Morgan fingerprint density at radius 2 is 2.06 bits per heavy atom.